The van der Waals surface area contributed by atoms with Crippen LogP contribution in [0.4, 0.5) is 0 Å². The van der Waals surface area contributed by atoms with Gasteiger partial charge < -0.3 is 5.11 Å². The molecule has 0 radical (unpaired) electrons. The number of rotatable bonds is 3. The number of hydrogen-bond donors (Lipinski definition) is 1. The van der Waals surface area contributed by atoms with E-state index in [0.29, 0.717) is 5.02 Å². The quantitative estimate of drug-likeness (QED) is 0.745. The zero-order valence-electron chi connectivity index (χ0n) is 10.5. The molecule has 0 spiro atoms. The average Bonchev–Trinajstić information content (AvgIpc) is 2.49. The van der Waals surface area contributed by atoms with Crippen LogP contribution in [0.3, 0.4) is 0 Å². The third-order valence-electron chi connectivity index (χ3n) is 2.91. The highest BCUT2D eigenvalue weighted by atomic mass is 35.5. The maximum atomic E-state index is 9.43. The van der Waals surface area contributed by atoms with Gasteiger partial charge in [-0.2, -0.15) is 0 Å². The predicted octanol–water partition coefficient (Wildman–Crippen LogP) is 3.93. The van der Waals surface area contributed by atoms with E-state index in [-0.39, 0.29) is 6.61 Å². The number of fused-ring (bicyclic) bond motifs is 1. The van der Waals surface area contributed by atoms with Crippen LogP contribution in [0.2, 0.25) is 5.02 Å². The number of nitrogens with zero attached hydrogens (tertiary/aromatic N) is 2. The van der Waals surface area contributed by atoms with E-state index in [1.54, 1.807) is 12.4 Å². The van der Waals surface area contributed by atoms with Crippen molar-refractivity contribution in [3.63, 3.8) is 0 Å². The Morgan fingerprint density at radius 3 is 2.80 bits per heavy atom. The molecule has 3 rings (SSSR count). The van der Waals surface area contributed by atoms with E-state index < -0.39 is 0 Å². The molecule has 1 N–H and O–H groups in total. The second-order valence-corrected chi connectivity index (χ2v) is 5.68. The molecule has 20 heavy (non-hydrogen) atoms. The fourth-order valence-corrected chi connectivity index (χ4v) is 3.11. The van der Waals surface area contributed by atoms with Gasteiger partial charge in [0.05, 0.1) is 12.1 Å². The maximum Gasteiger partial charge on any atom is 0.117 e. The van der Waals surface area contributed by atoms with Crippen LogP contribution in [0.15, 0.2) is 58.7 Å². The van der Waals surface area contributed by atoms with Gasteiger partial charge in [-0.15, -0.1) is 0 Å². The molecule has 3 aromatic rings. The zero-order chi connectivity index (χ0) is 13.9. The molecular weight excluding hydrogens is 292 g/mol. The first-order valence-corrected chi connectivity index (χ1v) is 7.24. The first-order valence-electron chi connectivity index (χ1n) is 6.05. The van der Waals surface area contributed by atoms with Crippen molar-refractivity contribution in [1.82, 2.24) is 9.97 Å². The lowest BCUT2D eigenvalue weighted by Crippen LogP contribution is -1.90. The van der Waals surface area contributed by atoms with Crippen molar-refractivity contribution in [1.29, 1.82) is 0 Å². The molecular formula is C15H11ClN2OS. The first kappa shape index (κ1) is 13.4. The summed E-state index contributed by atoms with van der Waals surface area (Å²) in [7, 11) is 0. The van der Waals surface area contributed by atoms with Crippen molar-refractivity contribution in [3.05, 3.63) is 59.4 Å². The molecule has 0 unspecified atom stereocenters. The van der Waals surface area contributed by atoms with Gasteiger partial charge in [0.25, 0.3) is 0 Å². The van der Waals surface area contributed by atoms with Crippen molar-refractivity contribution < 1.29 is 5.11 Å². The summed E-state index contributed by atoms with van der Waals surface area (Å²) in [6.07, 6.45) is 1.55. The first-order chi connectivity index (χ1) is 9.78. The van der Waals surface area contributed by atoms with E-state index in [1.165, 1.54) is 11.8 Å². The van der Waals surface area contributed by atoms with Crippen LogP contribution in [-0.4, -0.2) is 15.1 Å². The third-order valence-corrected chi connectivity index (χ3v) is 4.28. The Labute approximate surface area is 125 Å². The van der Waals surface area contributed by atoms with E-state index in [4.69, 9.17) is 11.6 Å². The molecule has 0 aliphatic heterocycles. The molecule has 1 heterocycles. The molecule has 3 nitrogen and oxygen atoms in total. The van der Waals surface area contributed by atoms with Crippen LogP contribution in [0, 0.1) is 0 Å². The van der Waals surface area contributed by atoms with Crippen molar-refractivity contribution in [2.45, 2.75) is 16.5 Å². The minimum absolute atomic E-state index is 0.0497. The number of aliphatic hydroxyl groups is 1. The molecule has 0 saturated carbocycles. The molecule has 100 valence electrons. The molecule has 2 aromatic carbocycles. The topological polar surface area (TPSA) is 46.0 Å². The monoisotopic (exact) mass is 302 g/mol. The zero-order valence-corrected chi connectivity index (χ0v) is 12.0. The highest BCUT2D eigenvalue weighted by Crippen LogP contribution is 2.34. The molecule has 0 bridgehead atoms. The molecule has 0 saturated heterocycles. The Morgan fingerprint density at radius 2 is 1.95 bits per heavy atom. The van der Waals surface area contributed by atoms with Crippen LogP contribution >= 0.6 is 23.4 Å². The Hall–Kier alpha value is -1.62. The molecule has 0 aliphatic rings. The van der Waals surface area contributed by atoms with E-state index in [9.17, 15) is 5.11 Å². The predicted molar refractivity (Wildman–Crippen MR) is 81.0 cm³/mol. The number of para-hydroxylation sites is 1. The van der Waals surface area contributed by atoms with Gasteiger partial charge in [0.1, 0.15) is 11.4 Å². The minimum Gasteiger partial charge on any atom is -0.392 e. The van der Waals surface area contributed by atoms with Gasteiger partial charge >= 0.3 is 0 Å². The average molecular weight is 303 g/mol. The summed E-state index contributed by atoms with van der Waals surface area (Å²) < 4.78 is 0. The Kier molecular flexibility index (Phi) is 3.87. The van der Waals surface area contributed by atoms with Crippen molar-refractivity contribution in [3.8, 4) is 0 Å². The smallest absolute Gasteiger partial charge is 0.117 e. The van der Waals surface area contributed by atoms with E-state index in [1.807, 2.05) is 36.4 Å². The maximum absolute atomic E-state index is 9.43. The van der Waals surface area contributed by atoms with Gasteiger partial charge in [-0.3, -0.25) is 0 Å². The van der Waals surface area contributed by atoms with Gasteiger partial charge in [0.15, 0.2) is 0 Å². The lowest BCUT2D eigenvalue weighted by molar-refractivity contribution is 0.279. The Bertz CT molecular complexity index is 758. The summed E-state index contributed by atoms with van der Waals surface area (Å²) in [4.78, 5) is 9.53. The van der Waals surface area contributed by atoms with Crippen LogP contribution in [0.25, 0.3) is 10.9 Å². The van der Waals surface area contributed by atoms with E-state index >= 15 is 0 Å². The molecule has 0 atom stereocenters. The number of halogens is 1. The standard InChI is InChI=1S/C15H11ClN2OS/c16-11-5-6-14(10(7-11)8-19)20-15-12-3-1-2-4-13(12)17-9-18-15/h1-7,9,19H,8H2. The van der Waals surface area contributed by atoms with Gasteiger partial charge in [-0.05, 0) is 29.8 Å². The van der Waals surface area contributed by atoms with Crippen molar-refractivity contribution in [2.75, 3.05) is 0 Å². The number of aliphatic hydroxyl groups excluding tert-OH is 1. The van der Waals surface area contributed by atoms with Gasteiger partial charge in [0.2, 0.25) is 0 Å². The normalized spacial score (nSPS) is 10.9. The molecule has 0 fully saturated rings. The Morgan fingerprint density at radius 1 is 1.10 bits per heavy atom. The van der Waals surface area contributed by atoms with E-state index in [0.717, 1.165) is 26.4 Å². The SMILES string of the molecule is OCc1cc(Cl)ccc1Sc1ncnc2ccccc12. The van der Waals surface area contributed by atoms with Crippen LogP contribution in [0.5, 0.6) is 0 Å². The third kappa shape index (κ3) is 2.63. The summed E-state index contributed by atoms with van der Waals surface area (Å²) in [6, 6.07) is 13.3. The second-order valence-electron chi connectivity index (χ2n) is 4.21. The number of hydrogen-bond acceptors (Lipinski definition) is 4. The molecule has 0 amide bonds. The van der Waals surface area contributed by atoms with Crippen molar-refractivity contribution >= 4 is 34.3 Å². The van der Waals surface area contributed by atoms with Crippen LogP contribution in [-0.2, 0) is 6.61 Å². The summed E-state index contributed by atoms with van der Waals surface area (Å²) in [5.74, 6) is 0. The lowest BCUT2D eigenvalue weighted by atomic mass is 10.2. The lowest BCUT2D eigenvalue weighted by Gasteiger charge is -2.08. The van der Waals surface area contributed by atoms with E-state index in [2.05, 4.69) is 9.97 Å². The minimum atomic E-state index is -0.0497. The fourth-order valence-electron chi connectivity index (χ4n) is 1.94. The molecule has 5 heteroatoms. The van der Waals surface area contributed by atoms with Gasteiger partial charge in [-0.25, -0.2) is 9.97 Å². The summed E-state index contributed by atoms with van der Waals surface area (Å²) in [5, 5.41) is 11.9. The number of benzene rings is 2. The largest absolute Gasteiger partial charge is 0.392 e. The highest BCUT2D eigenvalue weighted by molar-refractivity contribution is 7.99. The fraction of sp³-hybridized carbons (Fsp3) is 0.0667. The molecule has 1 aromatic heterocycles. The highest BCUT2D eigenvalue weighted by Gasteiger charge is 2.09. The molecule has 0 aliphatic carbocycles. The van der Waals surface area contributed by atoms with Gasteiger partial charge in [-0.1, -0.05) is 41.6 Å². The Balaban J connectivity index is 2.05. The van der Waals surface area contributed by atoms with Crippen LogP contribution < -0.4 is 0 Å². The van der Waals surface area contributed by atoms with Crippen LogP contribution in [0.1, 0.15) is 5.56 Å². The number of aromatic nitrogens is 2. The second kappa shape index (κ2) is 5.79. The van der Waals surface area contributed by atoms with Crippen molar-refractivity contribution in [2.24, 2.45) is 0 Å². The van der Waals surface area contributed by atoms with Gasteiger partial charge in [0, 0.05) is 15.3 Å². The summed E-state index contributed by atoms with van der Waals surface area (Å²) in [5.41, 5.74) is 1.70. The summed E-state index contributed by atoms with van der Waals surface area (Å²) in [6.45, 7) is -0.0497. The summed E-state index contributed by atoms with van der Waals surface area (Å²) >= 11 is 7.45.